The summed E-state index contributed by atoms with van der Waals surface area (Å²) in [7, 11) is 4.04. The van der Waals surface area contributed by atoms with Crippen molar-refractivity contribution in [1.29, 1.82) is 0 Å². The molecule has 0 aromatic heterocycles. The van der Waals surface area contributed by atoms with Crippen LogP contribution in [0.25, 0.3) is 0 Å². The van der Waals surface area contributed by atoms with Crippen molar-refractivity contribution < 1.29 is 9.53 Å². The highest BCUT2D eigenvalue weighted by molar-refractivity contribution is 5.95. The number of rotatable bonds is 6. The molecule has 1 aromatic carbocycles. The van der Waals surface area contributed by atoms with Crippen molar-refractivity contribution in [1.82, 2.24) is 10.2 Å². The number of anilines is 1. The molecular formula is C19H31Cl2N3O2. The molecule has 1 saturated carbocycles. The van der Waals surface area contributed by atoms with Crippen LogP contribution in [-0.4, -0.2) is 50.1 Å². The molecule has 5 nitrogen and oxygen atoms in total. The second-order valence-corrected chi connectivity index (χ2v) is 7.27. The number of halogens is 2. The Morgan fingerprint density at radius 1 is 1.27 bits per heavy atom. The number of benzene rings is 1. The maximum Gasteiger partial charge on any atom is 0.241 e. The Labute approximate surface area is 169 Å². The van der Waals surface area contributed by atoms with Crippen LogP contribution in [-0.2, 0) is 4.79 Å². The van der Waals surface area contributed by atoms with Crippen molar-refractivity contribution in [3.8, 4) is 5.75 Å². The molecule has 1 saturated heterocycles. The molecule has 0 bridgehead atoms. The molecule has 7 heteroatoms. The minimum Gasteiger partial charge on any atom is -0.492 e. The van der Waals surface area contributed by atoms with E-state index in [4.69, 9.17) is 4.74 Å². The second-order valence-electron chi connectivity index (χ2n) is 7.27. The van der Waals surface area contributed by atoms with E-state index in [1.165, 1.54) is 25.7 Å². The number of nitrogens with zero attached hydrogens (tertiary/aromatic N) is 1. The van der Waals surface area contributed by atoms with Crippen LogP contribution in [0, 0.1) is 5.92 Å². The number of nitrogens with one attached hydrogen (secondary N) is 2. The molecule has 26 heavy (non-hydrogen) atoms. The van der Waals surface area contributed by atoms with Crippen molar-refractivity contribution in [2.45, 2.75) is 44.2 Å². The van der Waals surface area contributed by atoms with Gasteiger partial charge in [0, 0.05) is 24.3 Å². The Kier molecular flexibility index (Phi) is 9.72. The van der Waals surface area contributed by atoms with Crippen molar-refractivity contribution in [2.75, 3.05) is 32.6 Å². The summed E-state index contributed by atoms with van der Waals surface area (Å²) in [6, 6.07) is 8.14. The average molecular weight is 404 g/mol. The van der Waals surface area contributed by atoms with Crippen molar-refractivity contribution in [2.24, 2.45) is 5.92 Å². The van der Waals surface area contributed by atoms with Crippen LogP contribution in [0.2, 0.25) is 0 Å². The van der Waals surface area contributed by atoms with Crippen LogP contribution in [0.4, 0.5) is 5.69 Å². The molecule has 1 aromatic rings. The van der Waals surface area contributed by atoms with Gasteiger partial charge in [-0.1, -0.05) is 18.9 Å². The monoisotopic (exact) mass is 403 g/mol. The summed E-state index contributed by atoms with van der Waals surface area (Å²) < 4.78 is 5.73. The van der Waals surface area contributed by atoms with Crippen LogP contribution >= 0.6 is 24.8 Å². The molecular weight excluding hydrogens is 373 g/mol. The van der Waals surface area contributed by atoms with E-state index in [0.29, 0.717) is 18.6 Å². The van der Waals surface area contributed by atoms with Crippen molar-refractivity contribution in [3.63, 3.8) is 0 Å². The van der Waals surface area contributed by atoms with Gasteiger partial charge in [-0.05, 0) is 51.4 Å². The Bertz CT molecular complexity index is 557. The summed E-state index contributed by atoms with van der Waals surface area (Å²) in [6.45, 7) is 1.50. The number of carbonyl (C=O) groups excluding carboxylic acids is 1. The van der Waals surface area contributed by atoms with Gasteiger partial charge in [0.1, 0.15) is 12.4 Å². The fraction of sp³-hybridized carbons (Fsp3) is 0.632. The lowest BCUT2D eigenvalue weighted by atomic mass is 9.85. The highest BCUT2D eigenvalue weighted by atomic mass is 35.5. The standard InChI is InChI=1S/C19H29N3O2.2ClH/c1-22(2)10-11-24-16-8-5-7-15(13-16)20-19(23)18-12-14-6-3-4-9-17(14)21-18;;/h5,7-8,13-14,17-18,21H,3-4,6,9-12H2,1-2H3,(H,20,23);2*1H. The van der Waals surface area contributed by atoms with Gasteiger partial charge in [0.05, 0.1) is 6.04 Å². The SMILES string of the molecule is CN(C)CCOc1cccc(NC(=O)C2CC3CCCCC3N2)c1.Cl.Cl. The smallest absolute Gasteiger partial charge is 0.241 e. The van der Waals surface area contributed by atoms with E-state index < -0.39 is 0 Å². The molecule has 1 amide bonds. The van der Waals surface area contributed by atoms with Crippen LogP contribution in [0.3, 0.4) is 0 Å². The molecule has 3 rings (SSSR count). The zero-order valence-electron chi connectivity index (χ0n) is 15.6. The zero-order chi connectivity index (χ0) is 16.9. The number of hydrogen-bond acceptors (Lipinski definition) is 4. The summed E-state index contributed by atoms with van der Waals surface area (Å²) in [5.41, 5.74) is 0.805. The van der Waals surface area contributed by atoms with Crippen LogP contribution < -0.4 is 15.4 Å². The van der Waals surface area contributed by atoms with Gasteiger partial charge in [-0.25, -0.2) is 0 Å². The van der Waals surface area contributed by atoms with Crippen LogP contribution in [0.1, 0.15) is 32.1 Å². The van der Waals surface area contributed by atoms with E-state index in [0.717, 1.165) is 24.4 Å². The molecule has 148 valence electrons. The summed E-state index contributed by atoms with van der Waals surface area (Å²) in [6.07, 6.45) is 6.04. The van der Waals surface area contributed by atoms with Gasteiger partial charge in [0.2, 0.25) is 5.91 Å². The number of hydrogen-bond donors (Lipinski definition) is 2. The first-order chi connectivity index (χ1) is 11.6. The van der Waals surface area contributed by atoms with E-state index in [2.05, 4.69) is 15.5 Å². The van der Waals surface area contributed by atoms with E-state index in [-0.39, 0.29) is 36.8 Å². The number of fused-ring (bicyclic) bond motifs is 1. The molecule has 2 N–H and O–H groups in total. The normalized spacial score (nSPS) is 24.2. The van der Waals surface area contributed by atoms with Crippen molar-refractivity contribution >= 4 is 36.4 Å². The maximum absolute atomic E-state index is 12.6. The number of amides is 1. The van der Waals surface area contributed by atoms with Crippen molar-refractivity contribution in [3.05, 3.63) is 24.3 Å². The largest absolute Gasteiger partial charge is 0.492 e. The topological polar surface area (TPSA) is 53.6 Å². The zero-order valence-corrected chi connectivity index (χ0v) is 17.2. The predicted octanol–water partition coefficient (Wildman–Crippen LogP) is 3.33. The van der Waals surface area contributed by atoms with Gasteiger partial charge in [0.15, 0.2) is 0 Å². The molecule has 3 unspecified atom stereocenters. The summed E-state index contributed by atoms with van der Waals surface area (Å²) in [4.78, 5) is 14.6. The quantitative estimate of drug-likeness (QED) is 0.764. The fourth-order valence-corrected chi connectivity index (χ4v) is 3.76. The van der Waals surface area contributed by atoms with Crippen LogP contribution in [0.15, 0.2) is 24.3 Å². The molecule has 1 heterocycles. The lowest BCUT2D eigenvalue weighted by molar-refractivity contribution is -0.117. The Hall–Kier alpha value is -1.01. The third-order valence-electron chi connectivity index (χ3n) is 5.09. The molecule has 2 aliphatic rings. The van der Waals surface area contributed by atoms with E-state index in [1.54, 1.807) is 0 Å². The minimum absolute atomic E-state index is 0. The summed E-state index contributed by atoms with van der Waals surface area (Å²) in [5, 5.41) is 6.57. The lowest BCUT2D eigenvalue weighted by Crippen LogP contribution is -2.39. The van der Waals surface area contributed by atoms with Gasteiger partial charge in [-0.2, -0.15) is 0 Å². The first kappa shape index (κ1) is 23.0. The number of carbonyl (C=O) groups is 1. The van der Waals surface area contributed by atoms with Gasteiger partial charge >= 0.3 is 0 Å². The van der Waals surface area contributed by atoms with E-state index in [9.17, 15) is 4.79 Å². The number of ether oxygens (including phenoxy) is 1. The predicted molar refractivity (Wildman–Crippen MR) is 111 cm³/mol. The molecule has 1 aliphatic carbocycles. The Morgan fingerprint density at radius 3 is 2.77 bits per heavy atom. The first-order valence-electron chi connectivity index (χ1n) is 9.06. The second kappa shape index (κ2) is 11.0. The molecule has 0 spiro atoms. The minimum atomic E-state index is -0.0589. The Morgan fingerprint density at radius 2 is 2.04 bits per heavy atom. The van der Waals surface area contributed by atoms with Gasteiger partial charge in [-0.3, -0.25) is 4.79 Å². The average Bonchev–Trinajstić information content (AvgIpc) is 2.99. The summed E-state index contributed by atoms with van der Waals surface area (Å²) in [5.74, 6) is 1.55. The van der Waals surface area contributed by atoms with E-state index >= 15 is 0 Å². The molecule has 0 radical (unpaired) electrons. The lowest BCUT2D eigenvalue weighted by Gasteiger charge is -2.24. The third-order valence-corrected chi connectivity index (χ3v) is 5.09. The molecule has 3 atom stereocenters. The third kappa shape index (κ3) is 6.31. The van der Waals surface area contributed by atoms with E-state index in [1.807, 2.05) is 38.4 Å². The van der Waals surface area contributed by atoms with Gasteiger partial charge in [-0.15, -0.1) is 24.8 Å². The molecule has 1 aliphatic heterocycles. The fourth-order valence-electron chi connectivity index (χ4n) is 3.76. The van der Waals surface area contributed by atoms with Crippen LogP contribution in [0.5, 0.6) is 5.75 Å². The number of likely N-dealkylation sites (N-methyl/N-ethyl adjacent to an activating group) is 1. The first-order valence-corrected chi connectivity index (χ1v) is 9.06. The summed E-state index contributed by atoms with van der Waals surface area (Å²) >= 11 is 0. The van der Waals surface area contributed by atoms with Gasteiger partial charge < -0.3 is 20.3 Å². The van der Waals surface area contributed by atoms with Gasteiger partial charge in [0.25, 0.3) is 0 Å². The Balaban J connectivity index is 0.00000169. The highest BCUT2D eigenvalue weighted by Crippen LogP contribution is 2.33. The highest BCUT2D eigenvalue weighted by Gasteiger charge is 2.38. The maximum atomic E-state index is 12.6. The molecule has 2 fully saturated rings.